The van der Waals surface area contributed by atoms with E-state index in [0.717, 1.165) is 16.3 Å². The highest BCUT2D eigenvalue weighted by Crippen LogP contribution is 2.37. The molecule has 5 rings (SSSR count). The van der Waals surface area contributed by atoms with E-state index >= 15 is 0 Å². The lowest BCUT2D eigenvalue weighted by molar-refractivity contribution is 1.51. The first-order chi connectivity index (χ1) is 11.9. The van der Waals surface area contributed by atoms with Gasteiger partial charge in [-0.3, -0.25) is 0 Å². The van der Waals surface area contributed by atoms with Gasteiger partial charge in [0, 0.05) is 5.39 Å². The molecule has 0 aromatic heterocycles. The van der Waals surface area contributed by atoms with Gasteiger partial charge in [0.25, 0.3) is 0 Å². The number of nitriles is 1. The Bertz CT molecular complexity index is 1300. The average Bonchev–Trinajstić information content (AvgIpc) is 2.66. The Labute approximate surface area is 139 Å². The van der Waals surface area contributed by atoms with Crippen molar-refractivity contribution in [2.45, 2.75) is 0 Å². The lowest BCUT2D eigenvalue weighted by Crippen LogP contribution is -1.85. The number of rotatable bonds is 0. The molecule has 24 heavy (non-hydrogen) atoms. The van der Waals surface area contributed by atoms with E-state index in [2.05, 4.69) is 72.8 Å². The zero-order chi connectivity index (χ0) is 16.1. The summed E-state index contributed by atoms with van der Waals surface area (Å²) in [6, 6.07) is 29.7. The Hall–Kier alpha value is -3.37. The fraction of sp³-hybridized carbons (Fsp3) is 0. The minimum atomic E-state index is 0.728. The third kappa shape index (κ3) is 1.68. The number of benzene rings is 5. The third-order valence-electron chi connectivity index (χ3n) is 4.87. The standard InChI is InChI=1S/C23H13N/c24-14-18-5-3-7-21-19(18)13-12-17-11-10-16-9-8-15-4-1-2-6-20(15)22(16)23(17)21/h1-13H. The van der Waals surface area contributed by atoms with Crippen LogP contribution in [-0.4, -0.2) is 0 Å². The molecular weight excluding hydrogens is 290 g/mol. The van der Waals surface area contributed by atoms with E-state index in [-0.39, 0.29) is 0 Å². The minimum absolute atomic E-state index is 0.728. The zero-order valence-electron chi connectivity index (χ0n) is 13.0. The summed E-state index contributed by atoms with van der Waals surface area (Å²) in [5.41, 5.74) is 0.728. The monoisotopic (exact) mass is 303 g/mol. The molecule has 0 spiro atoms. The lowest BCUT2D eigenvalue weighted by atomic mass is 9.92. The van der Waals surface area contributed by atoms with E-state index in [0.29, 0.717) is 0 Å². The van der Waals surface area contributed by atoms with Gasteiger partial charge in [-0.15, -0.1) is 0 Å². The predicted molar refractivity (Wildman–Crippen MR) is 101 cm³/mol. The highest BCUT2D eigenvalue weighted by atomic mass is 14.2. The molecule has 1 nitrogen and oxygen atoms in total. The van der Waals surface area contributed by atoms with Crippen LogP contribution < -0.4 is 0 Å². The summed E-state index contributed by atoms with van der Waals surface area (Å²) in [6.45, 7) is 0. The topological polar surface area (TPSA) is 23.8 Å². The summed E-state index contributed by atoms with van der Waals surface area (Å²) in [4.78, 5) is 0. The molecule has 0 aliphatic heterocycles. The van der Waals surface area contributed by atoms with Crippen molar-refractivity contribution in [3.63, 3.8) is 0 Å². The van der Waals surface area contributed by atoms with Crippen molar-refractivity contribution < 1.29 is 0 Å². The molecule has 5 aromatic carbocycles. The van der Waals surface area contributed by atoms with Crippen LogP contribution in [0.2, 0.25) is 0 Å². The number of hydrogen-bond acceptors (Lipinski definition) is 1. The molecule has 0 atom stereocenters. The van der Waals surface area contributed by atoms with E-state index in [1.54, 1.807) is 0 Å². The summed E-state index contributed by atoms with van der Waals surface area (Å²) in [6.07, 6.45) is 0. The van der Waals surface area contributed by atoms with E-state index in [1.807, 2.05) is 12.1 Å². The van der Waals surface area contributed by atoms with Crippen molar-refractivity contribution in [3.8, 4) is 6.07 Å². The van der Waals surface area contributed by atoms with Gasteiger partial charge in [-0.05, 0) is 43.8 Å². The molecule has 110 valence electrons. The fourth-order valence-electron chi connectivity index (χ4n) is 3.78. The smallest absolute Gasteiger partial charge is 0.0998 e. The molecule has 0 N–H and O–H groups in total. The molecule has 0 aliphatic rings. The SMILES string of the molecule is N#Cc1cccc2c1ccc1ccc3ccc4ccccc4c3c12. The highest BCUT2D eigenvalue weighted by Gasteiger charge is 2.10. The van der Waals surface area contributed by atoms with Gasteiger partial charge in [-0.2, -0.15) is 5.26 Å². The number of fused-ring (bicyclic) bond motifs is 7. The van der Waals surface area contributed by atoms with E-state index < -0.39 is 0 Å². The van der Waals surface area contributed by atoms with Gasteiger partial charge in [0.05, 0.1) is 11.6 Å². The van der Waals surface area contributed by atoms with Crippen LogP contribution in [0.1, 0.15) is 5.56 Å². The lowest BCUT2D eigenvalue weighted by Gasteiger charge is -2.11. The van der Waals surface area contributed by atoms with Crippen LogP contribution in [0.3, 0.4) is 0 Å². The Morgan fingerprint density at radius 3 is 1.92 bits per heavy atom. The normalized spacial score (nSPS) is 11.3. The van der Waals surface area contributed by atoms with Crippen molar-refractivity contribution in [1.29, 1.82) is 5.26 Å². The minimum Gasteiger partial charge on any atom is -0.192 e. The Morgan fingerprint density at radius 1 is 0.500 bits per heavy atom. The summed E-state index contributed by atoms with van der Waals surface area (Å²) in [5, 5.41) is 19.1. The third-order valence-corrected chi connectivity index (χ3v) is 4.87. The fourth-order valence-corrected chi connectivity index (χ4v) is 3.78. The predicted octanol–water partition coefficient (Wildman–Crippen LogP) is 6.17. The summed E-state index contributed by atoms with van der Waals surface area (Å²) >= 11 is 0. The van der Waals surface area contributed by atoms with E-state index in [4.69, 9.17) is 0 Å². The zero-order valence-corrected chi connectivity index (χ0v) is 13.0. The van der Waals surface area contributed by atoms with Crippen LogP contribution in [0, 0.1) is 11.3 Å². The maximum Gasteiger partial charge on any atom is 0.0998 e. The largest absolute Gasteiger partial charge is 0.192 e. The van der Waals surface area contributed by atoms with Gasteiger partial charge in [-0.1, -0.05) is 72.8 Å². The molecule has 1 heteroatoms. The van der Waals surface area contributed by atoms with Gasteiger partial charge in [-0.25, -0.2) is 0 Å². The summed E-state index contributed by atoms with van der Waals surface area (Å²) in [5.74, 6) is 0. The maximum absolute atomic E-state index is 9.44. The molecular formula is C23H13N. The molecule has 0 unspecified atom stereocenters. The second-order valence-corrected chi connectivity index (χ2v) is 6.13. The first-order valence-corrected chi connectivity index (χ1v) is 8.03. The van der Waals surface area contributed by atoms with Crippen LogP contribution in [-0.2, 0) is 0 Å². The highest BCUT2D eigenvalue weighted by molar-refractivity contribution is 6.27. The quantitative estimate of drug-likeness (QED) is 0.314. The Balaban J connectivity index is 2.16. The number of hydrogen-bond donors (Lipinski definition) is 0. The first kappa shape index (κ1) is 13.1. The molecule has 0 radical (unpaired) electrons. The van der Waals surface area contributed by atoms with Gasteiger partial charge < -0.3 is 0 Å². The maximum atomic E-state index is 9.44. The van der Waals surface area contributed by atoms with Crippen LogP contribution in [0.4, 0.5) is 0 Å². The van der Waals surface area contributed by atoms with Crippen molar-refractivity contribution in [2.75, 3.05) is 0 Å². The number of nitrogens with zero attached hydrogens (tertiary/aromatic N) is 1. The molecule has 0 saturated carbocycles. The molecule has 0 aliphatic carbocycles. The van der Waals surface area contributed by atoms with E-state index in [9.17, 15) is 5.26 Å². The van der Waals surface area contributed by atoms with Crippen LogP contribution in [0.15, 0.2) is 78.9 Å². The van der Waals surface area contributed by atoms with Gasteiger partial charge >= 0.3 is 0 Å². The molecule has 0 heterocycles. The van der Waals surface area contributed by atoms with Crippen molar-refractivity contribution in [3.05, 3.63) is 84.4 Å². The second kappa shape index (κ2) is 4.81. The molecule has 0 bridgehead atoms. The van der Waals surface area contributed by atoms with Crippen LogP contribution in [0.5, 0.6) is 0 Å². The van der Waals surface area contributed by atoms with Gasteiger partial charge in [0.15, 0.2) is 0 Å². The molecule has 0 saturated heterocycles. The average molecular weight is 303 g/mol. The van der Waals surface area contributed by atoms with Crippen LogP contribution in [0.25, 0.3) is 43.1 Å². The molecule has 5 aromatic rings. The second-order valence-electron chi connectivity index (χ2n) is 6.13. The summed E-state index contributed by atoms with van der Waals surface area (Å²) in [7, 11) is 0. The Kier molecular flexibility index (Phi) is 2.63. The molecule has 0 fully saturated rings. The van der Waals surface area contributed by atoms with Crippen molar-refractivity contribution in [1.82, 2.24) is 0 Å². The van der Waals surface area contributed by atoms with E-state index in [1.165, 1.54) is 32.3 Å². The van der Waals surface area contributed by atoms with Crippen LogP contribution >= 0.6 is 0 Å². The molecule has 0 amide bonds. The van der Waals surface area contributed by atoms with Gasteiger partial charge in [0.2, 0.25) is 0 Å². The summed E-state index contributed by atoms with van der Waals surface area (Å²) < 4.78 is 0. The first-order valence-electron chi connectivity index (χ1n) is 8.03. The van der Waals surface area contributed by atoms with Crippen molar-refractivity contribution in [2.24, 2.45) is 0 Å². The van der Waals surface area contributed by atoms with Crippen molar-refractivity contribution >= 4 is 43.1 Å². The Morgan fingerprint density at radius 2 is 1.12 bits per heavy atom. The van der Waals surface area contributed by atoms with Gasteiger partial charge in [0.1, 0.15) is 0 Å².